The first-order valence-corrected chi connectivity index (χ1v) is 7.18. The number of aromatic nitrogens is 4. The van der Waals surface area contributed by atoms with Crippen LogP contribution in [-0.4, -0.2) is 33.0 Å². The summed E-state index contributed by atoms with van der Waals surface area (Å²) < 4.78 is 0. The van der Waals surface area contributed by atoms with Gasteiger partial charge < -0.3 is 15.2 Å². The summed E-state index contributed by atoms with van der Waals surface area (Å²) in [6.45, 7) is 2.08. The number of fused-ring (bicyclic) bond motifs is 1. The molecule has 0 amide bonds. The maximum atomic E-state index is 4.68. The topological polar surface area (TPSA) is 69.7 Å². The maximum Gasteiger partial charge on any atom is 0.231 e. The van der Waals surface area contributed by atoms with Crippen LogP contribution < -0.4 is 10.2 Å². The Morgan fingerprint density at radius 2 is 1.86 bits per heavy atom. The van der Waals surface area contributed by atoms with Crippen LogP contribution in [0.15, 0.2) is 36.7 Å². The first-order chi connectivity index (χ1) is 10.4. The van der Waals surface area contributed by atoms with Crippen LogP contribution in [-0.2, 0) is 0 Å². The first kappa shape index (κ1) is 12.1. The molecule has 1 saturated heterocycles. The molecule has 6 nitrogen and oxygen atoms in total. The lowest BCUT2D eigenvalue weighted by Crippen LogP contribution is -2.20. The fraction of sp³-hybridized carbons (Fsp3) is 0.267. The lowest BCUT2D eigenvalue weighted by Gasteiger charge is -2.17. The van der Waals surface area contributed by atoms with E-state index in [2.05, 4.69) is 30.2 Å². The van der Waals surface area contributed by atoms with Gasteiger partial charge in [-0.15, -0.1) is 0 Å². The number of H-pyrrole nitrogens is 1. The summed E-state index contributed by atoms with van der Waals surface area (Å²) in [6.07, 6.45) is 4.09. The predicted octanol–water partition coefficient (Wildman–Crippen LogP) is 2.70. The van der Waals surface area contributed by atoms with Gasteiger partial charge in [-0.3, -0.25) is 0 Å². The average molecular weight is 280 g/mol. The molecule has 0 saturated carbocycles. The monoisotopic (exact) mass is 280 g/mol. The molecule has 21 heavy (non-hydrogen) atoms. The normalized spacial score (nSPS) is 14.8. The number of hydrogen-bond acceptors (Lipinski definition) is 5. The van der Waals surface area contributed by atoms with Crippen molar-refractivity contribution in [3.8, 4) is 0 Å². The highest BCUT2D eigenvalue weighted by Gasteiger charge is 2.19. The lowest BCUT2D eigenvalue weighted by atomic mass is 10.3. The Kier molecular flexibility index (Phi) is 2.92. The maximum absolute atomic E-state index is 4.68. The van der Waals surface area contributed by atoms with Crippen molar-refractivity contribution in [1.82, 2.24) is 19.9 Å². The van der Waals surface area contributed by atoms with E-state index in [1.54, 1.807) is 6.33 Å². The summed E-state index contributed by atoms with van der Waals surface area (Å²) in [5.41, 5.74) is 2.58. The van der Waals surface area contributed by atoms with Gasteiger partial charge in [0.2, 0.25) is 5.95 Å². The zero-order valence-electron chi connectivity index (χ0n) is 11.6. The number of para-hydroxylation sites is 1. The van der Waals surface area contributed by atoms with E-state index in [4.69, 9.17) is 0 Å². The molecule has 3 heterocycles. The van der Waals surface area contributed by atoms with Crippen LogP contribution >= 0.6 is 0 Å². The molecule has 1 aliphatic heterocycles. The number of benzene rings is 1. The highest BCUT2D eigenvalue weighted by Crippen LogP contribution is 2.26. The molecule has 0 radical (unpaired) electrons. The molecule has 0 spiro atoms. The van der Waals surface area contributed by atoms with Crippen LogP contribution in [0, 0.1) is 0 Å². The smallest absolute Gasteiger partial charge is 0.231 e. The zero-order chi connectivity index (χ0) is 14.1. The quantitative estimate of drug-likeness (QED) is 0.772. The lowest BCUT2D eigenvalue weighted by molar-refractivity contribution is 0.938. The van der Waals surface area contributed by atoms with E-state index in [9.17, 15) is 0 Å². The van der Waals surface area contributed by atoms with E-state index in [1.165, 1.54) is 12.8 Å². The number of imidazole rings is 1. The van der Waals surface area contributed by atoms with Crippen molar-refractivity contribution in [2.45, 2.75) is 12.8 Å². The minimum atomic E-state index is 0.586. The van der Waals surface area contributed by atoms with Crippen molar-refractivity contribution < 1.29 is 0 Å². The van der Waals surface area contributed by atoms with Crippen LogP contribution in [0.5, 0.6) is 0 Å². The van der Waals surface area contributed by atoms with Crippen molar-refractivity contribution in [2.24, 2.45) is 0 Å². The minimum Gasteiger partial charge on any atom is -0.355 e. The van der Waals surface area contributed by atoms with E-state index in [0.717, 1.165) is 30.1 Å². The summed E-state index contributed by atoms with van der Waals surface area (Å²) in [7, 11) is 0. The fourth-order valence-corrected chi connectivity index (χ4v) is 2.68. The van der Waals surface area contributed by atoms with Crippen LogP contribution in [0.4, 0.5) is 17.5 Å². The number of rotatable bonds is 3. The van der Waals surface area contributed by atoms with Gasteiger partial charge in [-0.25, -0.2) is 4.98 Å². The van der Waals surface area contributed by atoms with Crippen LogP contribution in [0.1, 0.15) is 12.8 Å². The summed E-state index contributed by atoms with van der Waals surface area (Å²) in [5.74, 6) is 1.52. The van der Waals surface area contributed by atoms with E-state index >= 15 is 0 Å². The van der Waals surface area contributed by atoms with Crippen molar-refractivity contribution >= 4 is 28.6 Å². The minimum absolute atomic E-state index is 0.586. The molecule has 4 rings (SSSR count). The Labute approximate surface area is 122 Å². The Morgan fingerprint density at radius 1 is 1.05 bits per heavy atom. The predicted molar refractivity (Wildman–Crippen MR) is 82.9 cm³/mol. The third-order valence-electron chi connectivity index (χ3n) is 3.70. The average Bonchev–Trinajstić information content (AvgIpc) is 3.19. The van der Waals surface area contributed by atoms with Gasteiger partial charge in [0.25, 0.3) is 0 Å². The summed E-state index contributed by atoms with van der Waals surface area (Å²) >= 11 is 0. The molecule has 106 valence electrons. The van der Waals surface area contributed by atoms with Gasteiger partial charge in [0.1, 0.15) is 5.52 Å². The van der Waals surface area contributed by atoms with Gasteiger partial charge in [0.15, 0.2) is 11.5 Å². The third-order valence-corrected chi connectivity index (χ3v) is 3.70. The summed E-state index contributed by atoms with van der Waals surface area (Å²) in [6, 6.07) is 9.94. The zero-order valence-corrected chi connectivity index (χ0v) is 11.6. The van der Waals surface area contributed by atoms with Crippen molar-refractivity contribution in [3.05, 3.63) is 36.7 Å². The molecule has 0 unspecified atom stereocenters. The number of anilines is 3. The Hall–Kier alpha value is -2.63. The molecule has 6 heteroatoms. The van der Waals surface area contributed by atoms with Gasteiger partial charge in [-0.1, -0.05) is 18.2 Å². The summed E-state index contributed by atoms with van der Waals surface area (Å²) in [5, 5.41) is 3.25. The van der Waals surface area contributed by atoms with E-state index in [1.807, 2.05) is 30.3 Å². The molecular weight excluding hydrogens is 264 g/mol. The highest BCUT2D eigenvalue weighted by molar-refractivity contribution is 5.84. The highest BCUT2D eigenvalue weighted by atomic mass is 15.3. The number of aromatic amines is 1. The second-order valence-corrected chi connectivity index (χ2v) is 5.16. The second-order valence-electron chi connectivity index (χ2n) is 5.16. The van der Waals surface area contributed by atoms with Crippen LogP contribution in [0.25, 0.3) is 11.2 Å². The molecule has 0 bridgehead atoms. The Morgan fingerprint density at radius 3 is 2.67 bits per heavy atom. The van der Waals surface area contributed by atoms with Gasteiger partial charge in [-0.05, 0) is 25.0 Å². The largest absolute Gasteiger partial charge is 0.355 e. The number of hydrogen-bond donors (Lipinski definition) is 2. The van der Waals surface area contributed by atoms with E-state index in [0.29, 0.717) is 11.6 Å². The van der Waals surface area contributed by atoms with Crippen molar-refractivity contribution in [3.63, 3.8) is 0 Å². The van der Waals surface area contributed by atoms with Gasteiger partial charge in [-0.2, -0.15) is 9.97 Å². The first-order valence-electron chi connectivity index (χ1n) is 7.18. The molecule has 1 fully saturated rings. The third kappa shape index (κ3) is 2.29. The van der Waals surface area contributed by atoms with Crippen molar-refractivity contribution in [2.75, 3.05) is 23.3 Å². The van der Waals surface area contributed by atoms with E-state index < -0.39 is 0 Å². The molecule has 2 aromatic heterocycles. The molecular formula is C15H16N6. The molecule has 1 aromatic carbocycles. The Balaban J connectivity index is 1.75. The number of nitrogens with zero attached hydrogens (tertiary/aromatic N) is 4. The summed E-state index contributed by atoms with van der Waals surface area (Å²) in [4.78, 5) is 18.9. The Bertz CT molecular complexity index is 745. The molecule has 0 atom stereocenters. The second kappa shape index (κ2) is 5.05. The van der Waals surface area contributed by atoms with Crippen LogP contribution in [0.2, 0.25) is 0 Å². The van der Waals surface area contributed by atoms with Gasteiger partial charge >= 0.3 is 0 Å². The van der Waals surface area contributed by atoms with Gasteiger partial charge in [0.05, 0.1) is 6.33 Å². The number of nitrogens with one attached hydrogen (secondary N) is 2. The fourth-order valence-electron chi connectivity index (χ4n) is 2.68. The van der Waals surface area contributed by atoms with E-state index in [-0.39, 0.29) is 0 Å². The molecule has 2 N–H and O–H groups in total. The standard InChI is InChI=1S/C15H16N6/c1-2-6-11(7-3-1)18-15-19-13-12(16-10-17-13)14(20-15)21-8-4-5-9-21/h1-3,6-7,10H,4-5,8-9H2,(H2,16,17,18,19,20). The van der Waals surface area contributed by atoms with Crippen molar-refractivity contribution in [1.29, 1.82) is 0 Å². The molecule has 3 aromatic rings. The molecule has 1 aliphatic rings. The molecule has 0 aliphatic carbocycles. The SMILES string of the molecule is c1ccc(Nc2nc(N3CCCC3)c3[nH]cnc3n2)cc1. The van der Waals surface area contributed by atoms with Gasteiger partial charge in [0, 0.05) is 18.8 Å². The van der Waals surface area contributed by atoms with Crippen LogP contribution in [0.3, 0.4) is 0 Å².